The van der Waals surface area contributed by atoms with Crippen molar-refractivity contribution in [3.05, 3.63) is 42.0 Å². The minimum Gasteiger partial charge on any atom is -0.508 e. The summed E-state index contributed by atoms with van der Waals surface area (Å²) in [6, 6.07) is 10.8. The topological polar surface area (TPSA) is 44.1 Å². The van der Waals surface area contributed by atoms with Gasteiger partial charge in [-0.3, -0.25) is 0 Å². The van der Waals surface area contributed by atoms with Crippen molar-refractivity contribution in [2.45, 2.75) is 0 Å². The largest absolute Gasteiger partial charge is 0.508 e. The molecule has 0 amide bonds. The SMILES string of the molecule is Cl.N=Cc1cccc2cc(O)ccc12. The quantitative estimate of drug-likeness (QED) is 0.694. The van der Waals surface area contributed by atoms with E-state index in [1.54, 1.807) is 12.1 Å². The molecule has 2 aromatic rings. The van der Waals surface area contributed by atoms with E-state index in [2.05, 4.69) is 0 Å². The number of benzene rings is 2. The maximum Gasteiger partial charge on any atom is 0.116 e. The van der Waals surface area contributed by atoms with Gasteiger partial charge in [-0.25, -0.2) is 0 Å². The van der Waals surface area contributed by atoms with Crippen molar-refractivity contribution < 1.29 is 5.11 Å². The van der Waals surface area contributed by atoms with Crippen molar-refractivity contribution in [1.29, 1.82) is 5.41 Å². The number of phenols is 1. The summed E-state index contributed by atoms with van der Waals surface area (Å²) in [5.41, 5.74) is 0.873. The highest BCUT2D eigenvalue weighted by Crippen LogP contribution is 2.21. The monoisotopic (exact) mass is 207 g/mol. The zero-order valence-corrected chi connectivity index (χ0v) is 8.21. The molecule has 0 spiro atoms. The summed E-state index contributed by atoms with van der Waals surface area (Å²) < 4.78 is 0. The van der Waals surface area contributed by atoms with Crippen molar-refractivity contribution >= 4 is 29.4 Å². The molecule has 0 aliphatic rings. The number of aromatic hydroxyl groups is 1. The van der Waals surface area contributed by atoms with Crippen molar-refractivity contribution in [1.82, 2.24) is 0 Å². The van der Waals surface area contributed by atoms with E-state index >= 15 is 0 Å². The lowest BCUT2D eigenvalue weighted by molar-refractivity contribution is 0.476. The molecule has 0 unspecified atom stereocenters. The average molecular weight is 208 g/mol. The molecule has 0 saturated heterocycles. The van der Waals surface area contributed by atoms with Gasteiger partial charge in [0, 0.05) is 6.21 Å². The van der Waals surface area contributed by atoms with E-state index in [9.17, 15) is 5.11 Å². The van der Waals surface area contributed by atoms with Gasteiger partial charge in [-0.15, -0.1) is 12.4 Å². The number of phenolic OH excluding ortho intramolecular Hbond substituents is 1. The first-order valence-electron chi connectivity index (χ1n) is 4.03. The first-order chi connectivity index (χ1) is 6.31. The third-order valence-corrected chi connectivity index (χ3v) is 2.05. The Morgan fingerprint density at radius 1 is 1.14 bits per heavy atom. The molecule has 2 N–H and O–H groups in total. The van der Waals surface area contributed by atoms with Crippen LogP contribution in [0.1, 0.15) is 5.56 Å². The molecule has 0 heterocycles. The molecular weight excluding hydrogens is 198 g/mol. The predicted octanol–water partition coefficient (Wildman–Crippen LogP) is 2.96. The van der Waals surface area contributed by atoms with Gasteiger partial charge >= 0.3 is 0 Å². The molecule has 0 bridgehead atoms. The Hall–Kier alpha value is -1.54. The molecule has 0 radical (unpaired) electrons. The first-order valence-corrected chi connectivity index (χ1v) is 4.03. The third kappa shape index (κ3) is 1.70. The van der Waals surface area contributed by atoms with Gasteiger partial charge in [-0.1, -0.05) is 24.3 Å². The molecule has 0 saturated carbocycles. The second-order valence-electron chi connectivity index (χ2n) is 2.90. The third-order valence-electron chi connectivity index (χ3n) is 2.05. The normalized spacial score (nSPS) is 9.43. The molecule has 2 nitrogen and oxygen atoms in total. The van der Waals surface area contributed by atoms with E-state index in [1.165, 1.54) is 6.21 Å². The summed E-state index contributed by atoms with van der Waals surface area (Å²) >= 11 is 0. The van der Waals surface area contributed by atoms with Gasteiger partial charge in [0.15, 0.2) is 0 Å². The number of nitrogens with one attached hydrogen (secondary N) is 1. The van der Waals surface area contributed by atoms with E-state index in [4.69, 9.17) is 5.41 Å². The smallest absolute Gasteiger partial charge is 0.116 e. The Morgan fingerprint density at radius 2 is 1.93 bits per heavy atom. The zero-order chi connectivity index (χ0) is 9.26. The summed E-state index contributed by atoms with van der Waals surface area (Å²) in [6.07, 6.45) is 1.32. The van der Waals surface area contributed by atoms with Crippen LogP contribution in [0.3, 0.4) is 0 Å². The zero-order valence-electron chi connectivity index (χ0n) is 7.40. The van der Waals surface area contributed by atoms with Crippen LogP contribution in [0.5, 0.6) is 5.75 Å². The summed E-state index contributed by atoms with van der Waals surface area (Å²) in [7, 11) is 0. The minimum atomic E-state index is 0. The first kappa shape index (κ1) is 10.5. The van der Waals surface area contributed by atoms with Crippen LogP contribution in [0.15, 0.2) is 36.4 Å². The lowest BCUT2D eigenvalue weighted by atomic mass is 10.1. The van der Waals surface area contributed by atoms with Gasteiger partial charge in [-0.2, -0.15) is 0 Å². The Labute approximate surface area is 88.1 Å². The van der Waals surface area contributed by atoms with Crippen molar-refractivity contribution in [2.24, 2.45) is 0 Å². The fourth-order valence-corrected chi connectivity index (χ4v) is 1.42. The molecule has 0 fully saturated rings. The van der Waals surface area contributed by atoms with Crippen molar-refractivity contribution in [2.75, 3.05) is 0 Å². The van der Waals surface area contributed by atoms with Gasteiger partial charge in [0.1, 0.15) is 5.75 Å². The van der Waals surface area contributed by atoms with Gasteiger partial charge in [-0.05, 0) is 28.5 Å². The molecule has 0 aliphatic carbocycles. The fraction of sp³-hybridized carbons (Fsp3) is 0. The molecule has 0 aliphatic heterocycles. The molecule has 72 valence electrons. The van der Waals surface area contributed by atoms with Crippen LogP contribution < -0.4 is 0 Å². The molecule has 14 heavy (non-hydrogen) atoms. The van der Waals surface area contributed by atoms with Crippen molar-refractivity contribution in [3.8, 4) is 5.75 Å². The van der Waals surface area contributed by atoms with E-state index < -0.39 is 0 Å². The van der Waals surface area contributed by atoms with E-state index in [0.29, 0.717) is 0 Å². The summed E-state index contributed by atoms with van der Waals surface area (Å²) in [5, 5.41) is 18.4. The minimum absolute atomic E-state index is 0. The lowest BCUT2D eigenvalue weighted by Crippen LogP contribution is -1.81. The van der Waals surface area contributed by atoms with Crippen LogP contribution in [-0.4, -0.2) is 11.3 Å². The van der Waals surface area contributed by atoms with Gasteiger partial charge < -0.3 is 10.5 Å². The van der Waals surface area contributed by atoms with E-state index in [0.717, 1.165) is 16.3 Å². The molecular formula is C11H10ClNO. The van der Waals surface area contributed by atoms with Crippen LogP contribution in [-0.2, 0) is 0 Å². The maximum absolute atomic E-state index is 9.24. The van der Waals surface area contributed by atoms with Gasteiger partial charge in [0.2, 0.25) is 0 Å². The maximum atomic E-state index is 9.24. The number of hydrogen-bond donors (Lipinski definition) is 2. The predicted molar refractivity (Wildman–Crippen MR) is 60.7 cm³/mol. The van der Waals surface area contributed by atoms with Gasteiger partial charge in [0.05, 0.1) is 0 Å². The van der Waals surface area contributed by atoms with Crippen LogP contribution >= 0.6 is 12.4 Å². The summed E-state index contributed by atoms with van der Waals surface area (Å²) in [4.78, 5) is 0. The second kappa shape index (κ2) is 4.11. The number of halogens is 1. The fourth-order valence-electron chi connectivity index (χ4n) is 1.42. The van der Waals surface area contributed by atoms with Crippen LogP contribution in [0.25, 0.3) is 10.8 Å². The summed E-state index contributed by atoms with van der Waals surface area (Å²) in [6.45, 7) is 0. The number of hydrogen-bond acceptors (Lipinski definition) is 2. The van der Waals surface area contributed by atoms with E-state index in [1.807, 2.05) is 24.3 Å². The molecule has 3 heteroatoms. The number of rotatable bonds is 1. The number of fused-ring (bicyclic) bond motifs is 1. The Kier molecular flexibility index (Phi) is 3.10. The van der Waals surface area contributed by atoms with Crippen molar-refractivity contribution in [3.63, 3.8) is 0 Å². The Bertz CT molecular complexity index is 468. The Morgan fingerprint density at radius 3 is 2.64 bits per heavy atom. The molecule has 0 aromatic heterocycles. The lowest BCUT2D eigenvalue weighted by Gasteiger charge is -2.01. The van der Waals surface area contributed by atoms with Crippen LogP contribution in [0, 0.1) is 5.41 Å². The highest BCUT2D eigenvalue weighted by molar-refractivity contribution is 5.99. The van der Waals surface area contributed by atoms with Gasteiger partial charge in [0.25, 0.3) is 0 Å². The highest BCUT2D eigenvalue weighted by atomic mass is 35.5. The highest BCUT2D eigenvalue weighted by Gasteiger charge is 1.98. The molecule has 2 aromatic carbocycles. The standard InChI is InChI=1S/C11H9NO.ClH/c12-7-9-3-1-2-8-6-10(13)4-5-11(8)9;/h1-7,12-13H;1H. The van der Waals surface area contributed by atoms with E-state index in [-0.39, 0.29) is 18.2 Å². The second-order valence-corrected chi connectivity index (χ2v) is 2.90. The van der Waals surface area contributed by atoms with Crippen LogP contribution in [0.2, 0.25) is 0 Å². The Balaban J connectivity index is 0.000000980. The summed E-state index contributed by atoms with van der Waals surface area (Å²) in [5.74, 6) is 0.259. The molecule has 0 atom stereocenters. The molecule has 2 rings (SSSR count). The van der Waals surface area contributed by atoms with Crippen LogP contribution in [0.4, 0.5) is 0 Å². The average Bonchev–Trinajstić information content (AvgIpc) is 2.16.